The minimum absolute atomic E-state index is 0.141. The van der Waals surface area contributed by atoms with Crippen LogP contribution in [0.3, 0.4) is 0 Å². The zero-order valence-corrected chi connectivity index (χ0v) is 11.9. The smallest absolute Gasteiger partial charge is 0.241 e. The van der Waals surface area contributed by atoms with Gasteiger partial charge in [-0.15, -0.1) is 0 Å². The lowest BCUT2D eigenvalue weighted by Crippen LogP contribution is -2.19. The van der Waals surface area contributed by atoms with Crippen LogP contribution < -0.4 is 5.43 Å². The van der Waals surface area contributed by atoms with Gasteiger partial charge in [0.25, 0.3) is 0 Å². The Kier molecular flexibility index (Phi) is 4.20. The van der Waals surface area contributed by atoms with Gasteiger partial charge >= 0.3 is 0 Å². The third kappa shape index (κ3) is 3.35. The summed E-state index contributed by atoms with van der Waals surface area (Å²) >= 11 is 0. The molecule has 1 N–H and O–H groups in total. The van der Waals surface area contributed by atoms with Crippen molar-refractivity contribution < 1.29 is 4.79 Å². The highest BCUT2D eigenvalue weighted by molar-refractivity contribution is 5.82. The van der Waals surface area contributed by atoms with Crippen LogP contribution >= 0.6 is 0 Å². The number of carbonyl (C=O) groups is 1. The van der Waals surface area contributed by atoms with Crippen molar-refractivity contribution in [3.05, 3.63) is 60.7 Å². The summed E-state index contributed by atoms with van der Waals surface area (Å²) in [4.78, 5) is 20.1. The van der Waals surface area contributed by atoms with E-state index in [1.165, 1.54) is 0 Å². The van der Waals surface area contributed by atoms with Crippen molar-refractivity contribution in [2.45, 2.75) is 13.0 Å². The first-order valence-electron chi connectivity index (χ1n) is 6.95. The first kappa shape index (κ1) is 13.9. The van der Waals surface area contributed by atoms with Crippen molar-refractivity contribution in [2.24, 2.45) is 5.10 Å². The van der Waals surface area contributed by atoms with E-state index >= 15 is 0 Å². The lowest BCUT2D eigenvalue weighted by Gasteiger charge is -2.03. The Labute approximate surface area is 127 Å². The molecule has 0 aliphatic heterocycles. The number of rotatable bonds is 5. The van der Waals surface area contributed by atoms with Crippen LogP contribution in [-0.2, 0) is 11.3 Å². The van der Waals surface area contributed by atoms with Crippen LogP contribution in [0.1, 0.15) is 12.0 Å². The highest BCUT2D eigenvalue weighted by atomic mass is 16.2. The predicted octanol–water partition coefficient (Wildman–Crippen LogP) is 1.97. The van der Waals surface area contributed by atoms with Crippen LogP contribution in [0.2, 0.25) is 0 Å². The fourth-order valence-electron chi connectivity index (χ4n) is 2.10. The van der Waals surface area contributed by atoms with E-state index in [0.717, 1.165) is 16.6 Å². The Bertz CT molecular complexity index is 794. The van der Waals surface area contributed by atoms with Crippen LogP contribution in [0.25, 0.3) is 11.0 Å². The molecule has 0 bridgehead atoms. The predicted molar refractivity (Wildman–Crippen MR) is 84.3 cm³/mol. The lowest BCUT2D eigenvalue weighted by atomic mass is 10.3. The quantitative estimate of drug-likeness (QED) is 0.577. The van der Waals surface area contributed by atoms with E-state index in [0.29, 0.717) is 13.0 Å². The second kappa shape index (κ2) is 6.62. The first-order chi connectivity index (χ1) is 10.8. The molecule has 2 heterocycles. The van der Waals surface area contributed by atoms with Gasteiger partial charge in [0.1, 0.15) is 0 Å². The van der Waals surface area contributed by atoms with Gasteiger partial charge in [0, 0.05) is 30.9 Å². The molecule has 0 atom stereocenters. The Morgan fingerprint density at radius 2 is 2.18 bits per heavy atom. The molecular formula is C16H15N5O. The fourth-order valence-corrected chi connectivity index (χ4v) is 2.10. The number of hydrazone groups is 1. The zero-order chi connectivity index (χ0) is 15.2. The summed E-state index contributed by atoms with van der Waals surface area (Å²) in [5, 5.41) is 3.91. The van der Waals surface area contributed by atoms with Crippen molar-refractivity contribution in [3.8, 4) is 0 Å². The molecule has 0 fully saturated rings. The maximum Gasteiger partial charge on any atom is 0.241 e. The monoisotopic (exact) mass is 293 g/mol. The van der Waals surface area contributed by atoms with Gasteiger partial charge in [0.15, 0.2) is 0 Å². The number of amides is 1. The summed E-state index contributed by atoms with van der Waals surface area (Å²) in [5.41, 5.74) is 5.30. The van der Waals surface area contributed by atoms with Crippen LogP contribution in [0, 0.1) is 0 Å². The van der Waals surface area contributed by atoms with Crippen molar-refractivity contribution in [1.82, 2.24) is 20.0 Å². The summed E-state index contributed by atoms with van der Waals surface area (Å²) in [6.45, 7) is 0.564. The standard InChI is InChI=1S/C16H15N5O/c22-16(20-19-11-13-4-3-8-17-10-13)7-9-21-12-18-14-5-1-2-6-15(14)21/h1-6,8,10-12H,7,9H2,(H,20,22)/b19-11-. The van der Waals surface area contributed by atoms with E-state index in [2.05, 4.69) is 20.5 Å². The molecule has 3 rings (SSSR count). The zero-order valence-electron chi connectivity index (χ0n) is 11.9. The van der Waals surface area contributed by atoms with Gasteiger partial charge in [-0.1, -0.05) is 18.2 Å². The number of hydrogen-bond acceptors (Lipinski definition) is 4. The number of nitrogens with one attached hydrogen (secondary N) is 1. The molecule has 3 aromatic rings. The Hall–Kier alpha value is -3.02. The molecule has 0 unspecified atom stereocenters. The second-order valence-electron chi connectivity index (χ2n) is 4.76. The number of hydrogen-bond donors (Lipinski definition) is 1. The highest BCUT2D eigenvalue weighted by Gasteiger charge is 2.04. The maximum absolute atomic E-state index is 11.8. The number of aryl methyl sites for hydroxylation is 1. The number of imidazole rings is 1. The van der Waals surface area contributed by atoms with E-state index in [1.54, 1.807) is 24.9 Å². The van der Waals surface area contributed by atoms with Crippen LogP contribution in [0.4, 0.5) is 0 Å². The Morgan fingerprint density at radius 1 is 1.27 bits per heavy atom. The molecule has 2 aromatic heterocycles. The van der Waals surface area contributed by atoms with Gasteiger partial charge in [0.2, 0.25) is 5.91 Å². The van der Waals surface area contributed by atoms with E-state index in [-0.39, 0.29) is 5.91 Å². The Balaban J connectivity index is 1.53. The summed E-state index contributed by atoms with van der Waals surface area (Å²) < 4.78 is 1.96. The molecule has 0 saturated heterocycles. The third-order valence-electron chi connectivity index (χ3n) is 3.19. The number of aromatic nitrogens is 3. The van der Waals surface area contributed by atoms with E-state index < -0.39 is 0 Å². The molecular weight excluding hydrogens is 278 g/mol. The third-order valence-corrected chi connectivity index (χ3v) is 3.19. The Morgan fingerprint density at radius 3 is 3.05 bits per heavy atom. The number of carbonyl (C=O) groups excluding carboxylic acids is 1. The van der Waals surface area contributed by atoms with E-state index in [1.807, 2.05) is 41.0 Å². The van der Waals surface area contributed by atoms with Gasteiger partial charge in [-0.2, -0.15) is 5.10 Å². The molecule has 6 nitrogen and oxygen atoms in total. The average Bonchev–Trinajstić information content (AvgIpc) is 2.97. The molecule has 1 aromatic carbocycles. The van der Waals surface area contributed by atoms with Gasteiger partial charge in [-0.05, 0) is 18.2 Å². The maximum atomic E-state index is 11.8. The normalized spacial score (nSPS) is 11.1. The summed E-state index contributed by atoms with van der Waals surface area (Å²) in [6.07, 6.45) is 7.01. The molecule has 110 valence electrons. The minimum atomic E-state index is -0.141. The molecule has 0 aliphatic rings. The van der Waals surface area contributed by atoms with Gasteiger partial charge in [-0.3, -0.25) is 9.78 Å². The summed E-state index contributed by atoms with van der Waals surface area (Å²) in [5.74, 6) is -0.141. The fraction of sp³-hybridized carbons (Fsp3) is 0.125. The molecule has 0 radical (unpaired) electrons. The molecule has 0 aliphatic carbocycles. The molecule has 0 saturated carbocycles. The SMILES string of the molecule is O=C(CCn1cnc2ccccc21)N/N=C\c1cccnc1. The van der Waals surface area contributed by atoms with Gasteiger partial charge in [-0.25, -0.2) is 10.4 Å². The van der Waals surface area contributed by atoms with E-state index in [4.69, 9.17) is 0 Å². The molecule has 1 amide bonds. The second-order valence-corrected chi connectivity index (χ2v) is 4.76. The van der Waals surface area contributed by atoms with Crippen molar-refractivity contribution in [1.29, 1.82) is 0 Å². The summed E-state index contributed by atoms with van der Waals surface area (Å²) in [6, 6.07) is 11.5. The van der Waals surface area contributed by atoms with Gasteiger partial charge in [0.05, 0.1) is 23.6 Å². The minimum Gasteiger partial charge on any atom is -0.330 e. The first-order valence-corrected chi connectivity index (χ1v) is 6.95. The summed E-state index contributed by atoms with van der Waals surface area (Å²) in [7, 11) is 0. The highest BCUT2D eigenvalue weighted by Crippen LogP contribution is 2.11. The largest absolute Gasteiger partial charge is 0.330 e. The van der Waals surface area contributed by atoms with Crippen molar-refractivity contribution in [2.75, 3.05) is 0 Å². The number of nitrogens with zero attached hydrogens (tertiary/aromatic N) is 4. The van der Waals surface area contributed by atoms with Crippen LogP contribution in [0.5, 0.6) is 0 Å². The van der Waals surface area contributed by atoms with Crippen molar-refractivity contribution >= 4 is 23.2 Å². The van der Waals surface area contributed by atoms with Gasteiger partial charge < -0.3 is 4.57 Å². The number of benzene rings is 1. The number of fused-ring (bicyclic) bond motifs is 1. The number of para-hydroxylation sites is 2. The molecule has 0 spiro atoms. The topological polar surface area (TPSA) is 72.2 Å². The molecule has 6 heteroatoms. The average molecular weight is 293 g/mol. The van der Waals surface area contributed by atoms with Crippen molar-refractivity contribution in [3.63, 3.8) is 0 Å². The van der Waals surface area contributed by atoms with Crippen LogP contribution in [-0.4, -0.2) is 26.7 Å². The number of pyridine rings is 1. The van der Waals surface area contributed by atoms with E-state index in [9.17, 15) is 4.79 Å². The molecule has 22 heavy (non-hydrogen) atoms. The lowest BCUT2D eigenvalue weighted by molar-refractivity contribution is -0.121. The van der Waals surface area contributed by atoms with Crippen LogP contribution in [0.15, 0.2) is 60.2 Å².